The molecule has 0 aliphatic carbocycles. The van der Waals surface area contributed by atoms with Crippen LogP contribution in [0.2, 0.25) is 0 Å². The molecular formula is C16H23NO. The van der Waals surface area contributed by atoms with E-state index < -0.39 is 0 Å². The Morgan fingerprint density at radius 1 is 1.17 bits per heavy atom. The van der Waals surface area contributed by atoms with Crippen molar-refractivity contribution in [3.63, 3.8) is 0 Å². The minimum atomic E-state index is 0.190. The molecule has 2 heteroatoms. The fourth-order valence-electron chi connectivity index (χ4n) is 2.74. The molecule has 0 bridgehead atoms. The van der Waals surface area contributed by atoms with Gasteiger partial charge in [0.1, 0.15) is 6.29 Å². The highest BCUT2D eigenvalue weighted by Crippen LogP contribution is 2.16. The van der Waals surface area contributed by atoms with Crippen molar-refractivity contribution in [3.05, 3.63) is 35.9 Å². The predicted molar refractivity (Wildman–Crippen MR) is 74.7 cm³/mol. The summed E-state index contributed by atoms with van der Waals surface area (Å²) in [6.07, 6.45) is 8.22. The van der Waals surface area contributed by atoms with Gasteiger partial charge in [-0.3, -0.25) is 4.90 Å². The number of nitrogens with zero attached hydrogens (tertiary/aromatic N) is 1. The van der Waals surface area contributed by atoms with Crippen LogP contribution in [0.5, 0.6) is 0 Å². The quantitative estimate of drug-likeness (QED) is 0.567. The summed E-state index contributed by atoms with van der Waals surface area (Å²) in [6.45, 7) is 2.19. The molecule has 1 atom stereocenters. The van der Waals surface area contributed by atoms with Crippen LogP contribution in [0.4, 0.5) is 0 Å². The second-order valence-corrected chi connectivity index (χ2v) is 5.18. The first-order valence-corrected chi connectivity index (χ1v) is 7.13. The first-order valence-electron chi connectivity index (χ1n) is 7.13. The number of piperidine rings is 1. The Kier molecular flexibility index (Phi) is 5.40. The zero-order chi connectivity index (χ0) is 12.6. The van der Waals surface area contributed by atoms with Gasteiger partial charge in [0, 0.05) is 0 Å². The van der Waals surface area contributed by atoms with Gasteiger partial charge in [0.2, 0.25) is 0 Å². The van der Waals surface area contributed by atoms with E-state index in [0.29, 0.717) is 0 Å². The molecule has 1 aliphatic heterocycles. The highest BCUT2D eigenvalue weighted by molar-refractivity contribution is 5.57. The third-order valence-electron chi connectivity index (χ3n) is 3.82. The molecule has 0 aromatic heterocycles. The van der Waals surface area contributed by atoms with Gasteiger partial charge in [-0.1, -0.05) is 36.8 Å². The summed E-state index contributed by atoms with van der Waals surface area (Å²) in [7, 11) is 0. The number of carbonyl (C=O) groups is 1. The van der Waals surface area contributed by atoms with E-state index in [1.807, 2.05) is 0 Å². The average molecular weight is 245 g/mol. The zero-order valence-electron chi connectivity index (χ0n) is 11.1. The predicted octanol–water partition coefficient (Wildman–Crippen LogP) is 3.06. The lowest BCUT2D eigenvalue weighted by atomic mass is 10.0. The van der Waals surface area contributed by atoms with E-state index in [4.69, 9.17) is 0 Å². The molecule has 18 heavy (non-hydrogen) atoms. The highest BCUT2D eigenvalue weighted by Gasteiger charge is 2.20. The first kappa shape index (κ1) is 13.3. The van der Waals surface area contributed by atoms with E-state index in [2.05, 4.69) is 35.2 Å². The Morgan fingerprint density at radius 2 is 2.00 bits per heavy atom. The largest absolute Gasteiger partial charge is 0.302 e. The van der Waals surface area contributed by atoms with Gasteiger partial charge < -0.3 is 4.79 Å². The SMILES string of the molecule is O=CC1CCCCN1CCCCc1ccccc1. The van der Waals surface area contributed by atoms with E-state index in [1.54, 1.807) is 0 Å². The van der Waals surface area contributed by atoms with Crippen molar-refractivity contribution in [2.75, 3.05) is 13.1 Å². The molecule has 2 nitrogen and oxygen atoms in total. The summed E-state index contributed by atoms with van der Waals surface area (Å²) in [6, 6.07) is 10.8. The van der Waals surface area contributed by atoms with Crippen LogP contribution >= 0.6 is 0 Å². The standard InChI is InChI=1S/C16H23NO/c18-14-16-11-5-7-13-17(16)12-6-4-10-15-8-2-1-3-9-15/h1-3,8-9,14,16H,4-7,10-13H2. The Balaban J connectivity index is 1.67. The normalized spacial score (nSPS) is 20.8. The Hall–Kier alpha value is -1.15. The molecule has 0 N–H and O–H groups in total. The summed E-state index contributed by atoms with van der Waals surface area (Å²) < 4.78 is 0. The lowest BCUT2D eigenvalue weighted by Gasteiger charge is -2.32. The van der Waals surface area contributed by atoms with Crippen LogP contribution in [0.15, 0.2) is 30.3 Å². The van der Waals surface area contributed by atoms with Gasteiger partial charge in [0.05, 0.1) is 6.04 Å². The third-order valence-corrected chi connectivity index (χ3v) is 3.82. The van der Waals surface area contributed by atoms with E-state index in [1.165, 1.54) is 31.2 Å². The monoisotopic (exact) mass is 245 g/mol. The van der Waals surface area contributed by atoms with Crippen molar-refractivity contribution < 1.29 is 4.79 Å². The number of benzene rings is 1. The summed E-state index contributed by atoms with van der Waals surface area (Å²) in [5, 5.41) is 0. The van der Waals surface area contributed by atoms with Crippen molar-refractivity contribution in [3.8, 4) is 0 Å². The zero-order valence-corrected chi connectivity index (χ0v) is 11.1. The smallest absolute Gasteiger partial charge is 0.137 e. The van der Waals surface area contributed by atoms with Crippen LogP contribution in [0.1, 0.15) is 37.7 Å². The van der Waals surface area contributed by atoms with Crippen LogP contribution < -0.4 is 0 Å². The average Bonchev–Trinajstić information content (AvgIpc) is 2.45. The summed E-state index contributed by atoms with van der Waals surface area (Å²) in [5.74, 6) is 0. The van der Waals surface area contributed by atoms with E-state index in [0.717, 1.165) is 32.2 Å². The second-order valence-electron chi connectivity index (χ2n) is 5.18. The molecule has 1 saturated heterocycles. The first-order chi connectivity index (χ1) is 8.90. The maximum atomic E-state index is 11.0. The van der Waals surface area contributed by atoms with Gasteiger partial charge in [-0.05, 0) is 50.8 Å². The lowest BCUT2D eigenvalue weighted by molar-refractivity contribution is -0.113. The number of hydrogen-bond acceptors (Lipinski definition) is 2. The van der Waals surface area contributed by atoms with E-state index in [9.17, 15) is 4.79 Å². The maximum absolute atomic E-state index is 11.0. The number of likely N-dealkylation sites (tertiary alicyclic amines) is 1. The molecule has 1 aromatic rings. The van der Waals surface area contributed by atoms with E-state index in [-0.39, 0.29) is 6.04 Å². The summed E-state index contributed by atoms with van der Waals surface area (Å²) in [4.78, 5) is 13.3. The van der Waals surface area contributed by atoms with Gasteiger partial charge >= 0.3 is 0 Å². The number of carbonyl (C=O) groups excluding carboxylic acids is 1. The van der Waals surface area contributed by atoms with Gasteiger partial charge in [-0.15, -0.1) is 0 Å². The second kappa shape index (κ2) is 7.32. The van der Waals surface area contributed by atoms with Crippen molar-refractivity contribution in [2.24, 2.45) is 0 Å². The number of aldehydes is 1. The number of aryl methyl sites for hydroxylation is 1. The number of rotatable bonds is 6. The molecule has 0 saturated carbocycles. The molecule has 0 spiro atoms. The number of hydrogen-bond donors (Lipinski definition) is 0. The lowest BCUT2D eigenvalue weighted by Crippen LogP contribution is -2.41. The van der Waals surface area contributed by atoms with Crippen molar-refractivity contribution >= 4 is 6.29 Å². The van der Waals surface area contributed by atoms with Crippen LogP contribution in [-0.4, -0.2) is 30.3 Å². The topological polar surface area (TPSA) is 20.3 Å². The fourth-order valence-corrected chi connectivity index (χ4v) is 2.74. The van der Waals surface area contributed by atoms with Crippen LogP contribution in [0.25, 0.3) is 0 Å². The van der Waals surface area contributed by atoms with Gasteiger partial charge in [0.15, 0.2) is 0 Å². The fraction of sp³-hybridized carbons (Fsp3) is 0.562. The van der Waals surface area contributed by atoms with Crippen molar-refractivity contribution in [1.82, 2.24) is 4.90 Å². The molecule has 1 unspecified atom stereocenters. The highest BCUT2D eigenvalue weighted by atomic mass is 16.1. The van der Waals surface area contributed by atoms with Crippen LogP contribution in [0.3, 0.4) is 0 Å². The Morgan fingerprint density at radius 3 is 2.78 bits per heavy atom. The minimum Gasteiger partial charge on any atom is -0.302 e. The van der Waals surface area contributed by atoms with Gasteiger partial charge in [-0.2, -0.15) is 0 Å². The summed E-state index contributed by atoms with van der Waals surface area (Å²) >= 11 is 0. The van der Waals surface area contributed by atoms with Crippen molar-refractivity contribution in [1.29, 1.82) is 0 Å². The van der Waals surface area contributed by atoms with Gasteiger partial charge in [-0.25, -0.2) is 0 Å². The Bertz CT molecular complexity index is 349. The molecule has 2 rings (SSSR count). The molecule has 1 fully saturated rings. The maximum Gasteiger partial charge on any atom is 0.137 e. The molecular weight excluding hydrogens is 222 g/mol. The molecule has 1 aliphatic rings. The molecule has 0 radical (unpaired) electrons. The number of unbranched alkanes of at least 4 members (excludes halogenated alkanes) is 1. The van der Waals surface area contributed by atoms with Crippen LogP contribution in [0, 0.1) is 0 Å². The van der Waals surface area contributed by atoms with E-state index >= 15 is 0 Å². The van der Waals surface area contributed by atoms with Gasteiger partial charge in [0.25, 0.3) is 0 Å². The third kappa shape index (κ3) is 3.95. The summed E-state index contributed by atoms with van der Waals surface area (Å²) in [5.41, 5.74) is 1.42. The Labute approximate surface area is 110 Å². The molecule has 1 aromatic carbocycles. The van der Waals surface area contributed by atoms with Crippen LogP contribution in [-0.2, 0) is 11.2 Å². The molecule has 98 valence electrons. The molecule has 1 heterocycles. The molecule has 0 amide bonds. The van der Waals surface area contributed by atoms with Crippen molar-refractivity contribution in [2.45, 2.75) is 44.6 Å². The minimum absolute atomic E-state index is 0.190.